The summed E-state index contributed by atoms with van der Waals surface area (Å²) in [5.74, 6) is 0.215. The van der Waals surface area contributed by atoms with Crippen LogP contribution in [0.5, 0.6) is 0 Å². The lowest BCUT2D eigenvalue weighted by Gasteiger charge is -2.42. The molecule has 2 aliphatic heterocycles. The molecule has 8 nitrogen and oxygen atoms in total. The summed E-state index contributed by atoms with van der Waals surface area (Å²) in [5.41, 5.74) is 3.85. The quantitative estimate of drug-likeness (QED) is 0.644. The number of hydroxylamine groups is 1. The predicted octanol–water partition coefficient (Wildman–Crippen LogP) is 2.31. The average molecular weight is 453 g/mol. The summed E-state index contributed by atoms with van der Waals surface area (Å²) in [7, 11) is -3.43. The molecule has 5 rings (SSSR count). The van der Waals surface area contributed by atoms with E-state index < -0.39 is 15.3 Å². The van der Waals surface area contributed by atoms with Crippen LogP contribution in [0.3, 0.4) is 0 Å². The minimum absolute atomic E-state index is 0.0209. The van der Waals surface area contributed by atoms with Crippen molar-refractivity contribution < 1.29 is 18.0 Å². The third kappa shape index (κ3) is 4.43. The van der Waals surface area contributed by atoms with Gasteiger partial charge in [-0.25, -0.2) is 18.1 Å². The molecule has 5 unspecified atom stereocenters. The van der Waals surface area contributed by atoms with Crippen molar-refractivity contribution in [1.82, 2.24) is 15.2 Å². The van der Waals surface area contributed by atoms with Gasteiger partial charge in [0, 0.05) is 29.1 Å². The zero-order chi connectivity index (χ0) is 21.8. The van der Waals surface area contributed by atoms with Crippen molar-refractivity contribution in [3.63, 3.8) is 0 Å². The van der Waals surface area contributed by atoms with E-state index in [1.54, 1.807) is 5.01 Å². The summed E-state index contributed by atoms with van der Waals surface area (Å²) in [6.45, 7) is 4.46. The monoisotopic (exact) mass is 452 g/mol. The van der Waals surface area contributed by atoms with Crippen molar-refractivity contribution in [1.29, 1.82) is 0 Å². The van der Waals surface area contributed by atoms with Gasteiger partial charge in [-0.3, -0.25) is 9.63 Å². The van der Waals surface area contributed by atoms with Gasteiger partial charge in [-0.2, -0.15) is 10.6 Å². The number of carbonyl (C=O) groups is 1. The number of fused-ring (bicyclic) bond motifs is 1. The number of hydrogen-bond acceptors (Lipinski definition) is 6. The van der Waals surface area contributed by atoms with Crippen LogP contribution in [0, 0.1) is 17.8 Å². The first-order valence-corrected chi connectivity index (χ1v) is 13.6. The van der Waals surface area contributed by atoms with Crippen LogP contribution in [0.25, 0.3) is 0 Å². The summed E-state index contributed by atoms with van der Waals surface area (Å²) < 4.78 is 29.0. The number of sulfonamides is 1. The highest BCUT2D eigenvalue weighted by Crippen LogP contribution is 2.43. The summed E-state index contributed by atoms with van der Waals surface area (Å²) in [4.78, 5) is 19.1. The molecule has 174 valence electrons. The van der Waals surface area contributed by atoms with Crippen molar-refractivity contribution >= 4 is 21.6 Å². The lowest BCUT2D eigenvalue weighted by molar-refractivity contribution is -0.141. The van der Waals surface area contributed by atoms with Crippen LogP contribution in [0.2, 0.25) is 0 Å². The van der Waals surface area contributed by atoms with Crippen LogP contribution in [0.1, 0.15) is 78.1 Å². The van der Waals surface area contributed by atoms with Gasteiger partial charge in [0.1, 0.15) is 6.10 Å². The summed E-state index contributed by atoms with van der Waals surface area (Å²) >= 11 is 0. The highest BCUT2D eigenvalue weighted by atomic mass is 32.2. The van der Waals surface area contributed by atoms with E-state index in [4.69, 9.17) is 9.94 Å². The minimum Gasteiger partial charge on any atom is -0.296 e. The molecule has 5 aliphatic rings. The van der Waals surface area contributed by atoms with E-state index in [2.05, 4.69) is 17.1 Å². The molecule has 0 aromatic rings. The number of hydrogen-bond donors (Lipinski definition) is 2. The van der Waals surface area contributed by atoms with Crippen LogP contribution in [-0.2, 0) is 19.7 Å². The molecule has 2 heterocycles. The number of nitrogens with zero attached hydrogens (tertiary/aromatic N) is 2. The fourth-order valence-electron chi connectivity index (χ4n) is 5.96. The second-order valence-electron chi connectivity index (χ2n) is 10.8. The average Bonchev–Trinajstić information content (AvgIpc) is 3.12. The summed E-state index contributed by atoms with van der Waals surface area (Å²) in [6.07, 6.45) is 8.97. The Morgan fingerprint density at radius 2 is 1.90 bits per heavy atom. The second kappa shape index (κ2) is 8.08. The Kier molecular flexibility index (Phi) is 5.68. The van der Waals surface area contributed by atoms with Crippen molar-refractivity contribution in [2.75, 3.05) is 6.54 Å². The molecule has 1 saturated heterocycles. The molecule has 0 bridgehead atoms. The summed E-state index contributed by atoms with van der Waals surface area (Å²) in [5, 5.41) is 6.02. The molecule has 3 saturated carbocycles. The van der Waals surface area contributed by atoms with Crippen LogP contribution in [0.4, 0.5) is 0 Å². The van der Waals surface area contributed by atoms with Crippen molar-refractivity contribution in [3.05, 3.63) is 0 Å². The van der Waals surface area contributed by atoms with E-state index in [1.165, 1.54) is 12.8 Å². The molecule has 0 spiro atoms. The topological polar surface area (TPSA) is 100 Å². The van der Waals surface area contributed by atoms with E-state index in [-0.39, 0.29) is 35.4 Å². The molecule has 1 amide bonds. The van der Waals surface area contributed by atoms with E-state index in [0.717, 1.165) is 44.2 Å². The normalized spacial score (nSPS) is 38.3. The third-order valence-electron chi connectivity index (χ3n) is 8.02. The minimum atomic E-state index is -3.43. The maximum Gasteiger partial charge on any atom is 0.246 e. The van der Waals surface area contributed by atoms with Crippen LogP contribution in [-0.4, -0.2) is 54.5 Å². The van der Waals surface area contributed by atoms with Gasteiger partial charge >= 0.3 is 0 Å². The lowest BCUT2D eigenvalue weighted by Crippen LogP contribution is -2.53. The van der Waals surface area contributed by atoms with E-state index in [1.807, 2.05) is 6.92 Å². The standard InChI is InChI=1S/C22H36N4O4S/c1-14-11-16(30-24-14)13-26-21(27)19-12-17(31(28,29)25-22(2)9-10-22)7-8-18(19)20(23-26)15-5-3-4-6-15/h14-19,24-25H,3-13H2,1-2H3. The van der Waals surface area contributed by atoms with Gasteiger partial charge < -0.3 is 0 Å². The maximum absolute atomic E-state index is 13.5. The number of amides is 1. The Morgan fingerprint density at radius 3 is 2.55 bits per heavy atom. The van der Waals surface area contributed by atoms with Gasteiger partial charge in [-0.15, -0.1) is 0 Å². The SMILES string of the molecule is CC1CC(CN2N=C(C3CCCC3)C3CCC(S(=O)(=O)NC4(C)CC4)CC3C2=O)ON1. The van der Waals surface area contributed by atoms with Gasteiger partial charge in [0.15, 0.2) is 0 Å². The van der Waals surface area contributed by atoms with Gasteiger partial charge in [-0.1, -0.05) is 12.8 Å². The molecule has 9 heteroatoms. The van der Waals surface area contributed by atoms with Crippen molar-refractivity contribution in [2.45, 2.75) is 101 Å². The predicted molar refractivity (Wildman–Crippen MR) is 118 cm³/mol. The lowest BCUT2D eigenvalue weighted by atomic mass is 9.71. The van der Waals surface area contributed by atoms with Crippen molar-refractivity contribution in [3.8, 4) is 0 Å². The highest BCUT2D eigenvalue weighted by Gasteiger charge is 2.50. The zero-order valence-electron chi connectivity index (χ0n) is 18.7. The first kappa shape index (κ1) is 21.8. The molecule has 4 fully saturated rings. The molecule has 31 heavy (non-hydrogen) atoms. The van der Waals surface area contributed by atoms with Crippen LogP contribution < -0.4 is 10.2 Å². The Morgan fingerprint density at radius 1 is 1.16 bits per heavy atom. The number of hydrazone groups is 1. The number of rotatable bonds is 6. The van der Waals surface area contributed by atoms with Crippen molar-refractivity contribution in [2.24, 2.45) is 22.9 Å². The first-order valence-electron chi connectivity index (χ1n) is 12.1. The zero-order valence-corrected chi connectivity index (χ0v) is 19.5. The molecule has 0 aromatic heterocycles. The number of carbonyl (C=O) groups excluding carboxylic acids is 1. The molecule has 3 aliphatic carbocycles. The van der Waals surface area contributed by atoms with Gasteiger partial charge in [0.05, 0.1) is 11.8 Å². The van der Waals surface area contributed by atoms with Gasteiger partial charge in [0.2, 0.25) is 15.9 Å². The van der Waals surface area contributed by atoms with Crippen LogP contribution in [0.15, 0.2) is 5.10 Å². The van der Waals surface area contributed by atoms with E-state index in [9.17, 15) is 13.2 Å². The number of nitrogens with one attached hydrogen (secondary N) is 2. The molecular formula is C22H36N4O4S. The Labute approximate surface area is 185 Å². The molecular weight excluding hydrogens is 416 g/mol. The van der Waals surface area contributed by atoms with Gasteiger partial charge in [-0.05, 0) is 71.1 Å². The smallest absolute Gasteiger partial charge is 0.246 e. The Balaban J connectivity index is 1.37. The summed E-state index contributed by atoms with van der Waals surface area (Å²) in [6, 6.07) is 0.259. The first-order chi connectivity index (χ1) is 14.7. The fraction of sp³-hybridized carbons (Fsp3) is 0.909. The second-order valence-corrected chi connectivity index (χ2v) is 12.7. The highest BCUT2D eigenvalue weighted by molar-refractivity contribution is 7.90. The van der Waals surface area contributed by atoms with E-state index >= 15 is 0 Å². The molecule has 2 N–H and O–H groups in total. The Bertz CT molecular complexity index is 850. The third-order valence-corrected chi connectivity index (χ3v) is 10.1. The van der Waals surface area contributed by atoms with E-state index in [0.29, 0.717) is 25.3 Å². The Hall–Kier alpha value is -1.03. The largest absolute Gasteiger partial charge is 0.296 e. The van der Waals surface area contributed by atoms with Crippen LogP contribution >= 0.6 is 0 Å². The van der Waals surface area contributed by atoms with Gasteiger partial charge in [0.25, 0.3) is 0 Å². The molecule has 0 radical (unpaired) electrons. The maximum atomic E-state index is 13.5. The molecule has 5 atom stereocenters. The fourth-order valence-corrected chi connectivity index (χ4v) is 7.92. The molecule has 0 aromatic carbocycles.